The minimum Gasteiger partial charge on any atom is -0.349 e. The van der Waals surface area contributed by atoms with Gasteiger partial charge in [0.2, 0.25) is 0 Å². The van der Waals surface area contributed by atoms with E-state index in [1.807, 2.05) is 6.07 Å². The SMILES string of the molecule is CC1CCCCCC1NC(=O)c1cncc(Br)c1. The van der Waals surface area contributed by atoms with Crippen molar-refractivity contribution in [2.24, 2.45) is 5.92 Å². The second kappa shape index (κ2) is 6.32. The number of carbonyl (C=O) groups is 1. The summed E-state index contributed by atoms with van der Waals surface area (Å²) in [5, 5.41) is 3.15. The minimum atomic E-state index is -0.0115. The lowest BCUT2D eigenvalue weighted by Gasteiger charge is -2.22. The highest BCUT2D eigenvalue weighted by atomic mass is 79.9. The predicted octanol–water partition coefficient (Wildman–Crippen LogP) is 3.54. The molecule has 4 heteroatoms. The van der Waals surface area contributed by atoms with Gasteiger partial charge in [-0.1, -0.05) is 26.2 Å². The highest BCUT2D eigenvalue weighted by Crippen LogP contribution is 2.23. The molecule has 1 heterocycles. The summed E-state index contributed by atoms with van der Waals surface area (Å²) < 4.78 is 0.837. The molecule has 1 N–H and O–H groups in total. The average molecular weight is 311 g/mol. The molecule has 0 spiro atoms. The fraction of sp³-hybridized carbons (Fsp3) is 0.571. The van der Waals surface area contributed by atoms with Gasteiger partial charge >= 0.3 is 0 Å². The normalized spacial score (nSPS) is 24.3. The fourth-order valence-electron chi connectivity index (χ4n) is 2.50. The van der Waals surface area contributed by atoms with Crippen LogP contribution in [0.5, 0.6) is 0 Å². The number of hydrogen-bond acceptors (Lipinski definition) is 2. The number of amides is 1. The summed E-state index contributed by atoms with van der Waals surface area (Å²) in [6.07, 6.45) is 9.38. The zero-order chi connectivity index (χ0) is 13.0. The van der Waals surface area contributed by atoms with Gasteiger partial charge in [0.05, 0.1) is 5.56 Å². The van der Waals surface area contributed by atoms with Crippen molar-refractivity contribution in [3.8, 4) is 0 Å². The molecule has 1 fully saturated rings. The van der Waals surface area contributed by atoms with Crippen LogP contribution in [-0.4, -0.2) is 16.9 Å². The summed E-state index contributed by atoms with van der Waals surface area (Å²) in [6, 6.07) is 2.11. The molecule has 0 aliphatic heterocycles. The van der Waals surface area contributed by atoms with Crippen molar-refractivity contribution in [1.29, 1.82) is 0 Å². The molecule has 1 aromatic rings. The summed E-state index contributed by atoms with van der Waals surface area (Å²) in [5.41, 5.74) is 0.626. The van der Waals surface area contributed by atoms with Crippen LogP contribution in [-0.2, 0) is 0 Å². The average Bonchev–Trinajstić information content (AvgIpc) is 2.55. The summed E-state index contributed by atoms with van der Waals surface area (Å²) >= 11 is 3.34. The van der Waals surface area contributed by atoms with E-state index < -0.39 is 0 Å². The highest BCUT2D eigenvalue weighted by Gasteiger charge is 2.22. The molecule has 18 heavy (non-hydrogen) atoms. The molecule has 2 rings (SSSR count). The summed E-state index contributed by atoms with van der Waals surface area (Å²) in [6.45, 7) is 2.23. The standard InChI is InChI=1S/C14H19BrN2O/c1-10-5-3-2-4-6-13(10)17-14(18)11-7-12(15)9-16-8-11/h7-10,13H,2-6H2,1H3,(H,17,18). The van der Waals surface area contributed by atoms with Crippen LogP contribution in [0, 0.1) is 5.92 Å². The second-order valence-electron chi connectivity index (χ2n) is 5.09. The maximum atomic E-state index is 12.2. The van der Waals surface area contributed by atoms with Gasteiger partial charge in [-0.05, 0) is 40.8 Å². The van der Waals surface area contributed by atoms with E-state index in [9.17, 15) is 4.79 Å². The van der Waals surface area contributed by atoms with Gasteiger partial charge in [-0.2, -0.15) is 0 Å². The van der Waals surface area contributed by atoms with Gasteiger partial charge in [-0.15, -0.1) is 0 Å². The first-order chi connectivity index (χ1) is 8.66. The molecule has 3 nitrogen and oxygen atoms in total. The largest absolute Gasteiger partial charge is 0.349 e. The summed E-state index contributed by atoms with van der Waals surface area (Å²) in [4.78, 5) is 16.2. The number of hydrogen-bond donors (Lipinski definition) is 1. The third-order valence-corrected chi connectivity index (χ3v) is 4.08. The minimum absolute atomic E-state index is 0.0115. The lowest BCUT2D eigenvalue weighted by atomic mass is 9.97. The number of carbonyl (C=O) groups excluding carboxylic acids is 1. The van der Waals surface area contributed by atoms with Gasteiger partial charge in [0.25, 0.3) is 5.91 Å². The number of nitrogens with one attached hydrogen (secondary N) is 1. The number of rotatable bonds is 2. The van der Waals surface area contributed by atoms with Gasteiger partial charge in [0.15, 0.2) is 0 Å². The fourth-order valence-corrected chi connectivity index (χ4v) is 2.86. The molecular formula is C14H19BrN2O. The molecule has 0 radical (unpaired) electrons. The van der Waals surface area contributed by atoms with Gasteiger partial charge in [0.1, 0.15) is 0 Å². The Bertz CT molecular complexity index is 422. The van der Waals surface area contributed by atoms with Crippen LogP contribution >= 0.6 is 15.9 Å². The van der Waals surface area contributed by atoms with Gasteiger partial charge < -0.3 is 5.32 Å². The lowest BCUT2D eigenvalue weighted by molar-refractivity contribution is 0.0921. The molecule has 0 bridgehead atoms. The van der Waals surface area contributed by atoms with E-state index in [1.165, 1.54) is 25.7 Å². The first kappa shape index (κ1) is 13.5. The Hall–Kier alpha value is -0.900. The Morgan fingerprint density at radius 2 is 2.11 bits per heavy atom. The number of aromatic nitrogens is 1. The van der Waals surface area contributed by atoms with Crippen molar-refractivity contribution < 1.29 is 4.79 Å². The summed E-state index contributed by atoms with van der Waals surface area (Å²) in [7, 11) is 0. The molecule has 2 atom stereocenters. The topological polar surface area (TPSA) is 42.0 Å². The third-order valence-electron chi connectivity index (χ3n) is 3.65. The van der Waals surface area contributed by atoms with Crippen molar-refractivity contribution in [2.75, 3.05) is 0 Å². The Labute approximate surface area is 117 Å². The molecule has 0 aromatic carbocycles. The predicted molar refractivity (Wildman–Crippen MR) is 75.4 cm³/mol. The molecule has 1 saturated carbocycles. The molecule has 1 aromatic heterocycles. The summed E-state index contributed by atoms with van der Waals surface area (Å²) in [5.74, 6) is 0.555. The molecule has 1 aliphatic rings. The van der Waals surface area contributed by atoms with E-state index in [2.05, 4.69) is 33.2 Å². The quantitative estimate of drug-likeness (QED) is 0.849. The van der Waals surface area contributed by atoms with E-state index in [0.29, 0.717) is 17.5 Å². The van der Waals surface area contributed by atoms with Gasteiger partial charge in [-0.3, -0.25) is 9.78 Å². The number of nitrogens with zero attached hydrogens (tertiary/aromatic N) is 1. The Balaban J connectivity index is 2.01. The van der Waals surface area contributed by atoms with E-state index in [-0.39, 0.29) is 5.91 Å². The molecule has 98 valence electrons. The van der Waals surface area contributed by atoms with Crippen LogP contribution < -0.4 is 5.32 Å². The molecule has 1 amide bonds. The Kier molecular flexibility index (Phi) is 4.75. The smallest absolute Gasteiger partial charge is 0.253 e. The van der Waals surface area contributed by atoms with Crippen LogP contribution in [0.15, 0.2) is 22.9 Å². The molecule has 2 unspecified atom stereocenters. The first-order valence-electron chi connectivity index (χ1n) is 6.58. The Morgan fingerprint density at radius 3 is 2.89 bits per heavy atom. The first-order valence-corrected chi connectivity index (χ1v) is 7.37. The van der Waals surface area contributed by atoms with Crippen molar-refractivity contribution in [1.82, 2.24) is 10.3 Å². The van der Waals surface area contributed by atoms with Crippen molar-refractivity contribution in [3.63, 3.8) is 0 Å². The van der Waals surface area contributed by atoms with Crippen LogP contribution in [0.4, 0.5) is 0 Å². The van der Waals surface area contributed by atoms with Crippen molar-refractivity contribution in [2.45, 2.75) is 45.1 Å². The van der Waals surface area contributed by atoms with Crippen LogP contribution in [0.25, 0.3) is 0 Å². The Morgan fingerprint density at radius 1 is 1.33 bits per heavy atom. The maximum absolute atomic E-state index is 12.2. The van der Waals surface area contributed by atoms with Gasteiger partial charge in [0, 0.05) is 22.9 Å². The molecule has 0 saturated heterocycles. The van der Waals surface area contributed by atoms with Crippen molar-refractivity contribution >= 4 is 21.8 Å². The second-order valence-corrected chi connectivity index (χ2v) is 6.00. The molecule has 1 aliphatic carbocycles. The van der Waals surface area contributed by atoms with E-state index in [1.54, 1.807) is 12.4 Å². The monoisotopic (exact) mass is 310 g/mol. The van der Waals surface area contributed by atoms with E-state index in [0.717, 1.165) is 10.9 Å². The third kappa shape index (κ3) is 3.55. The zero-order valence-corrected chi connectivity index (χ0v) is 12.2. The molecular weight excluding hydrogens is 292 g/mol. The zero-order valence-electron chi connectivity index (χ0n) is 10.7. The maximum Gasteiger partial charge on any atom is 0.253 e. The van der Waals surface area contributed by atoms with Crippen molar-refractivity contribution in [3.05, 3.63) is 28.5 Å². The van der Waals surface area contributed by atoms with Crippen LogP contribution in [0.2, 0.25) is 0 Å². The van der Waals surface area contributed by atoms with E-state index >= 15 is 0 Å². The highest BCUT2D eigenvalue weighted by molar-refractivity contribution is 9.10. The lowest BCUT2D eigenvalue weighted by Crippen LogP contribution is -2.38. The number of pyridine rings is 1. The van der Waals surface area contributed by atoms with Crippen LogP contribution in [0.1, 0.15) is 49.4 Å². The van der Waals surface area contributed by atoms with E-state index in [4.69, 9.17) is 0 Å². The van der Waals surface area contributed by atoms with Crippen LogP contribution in [0.3, 0.4) is 0 Å². The van der Waals surface area contributed by atoms with Gasteiger partial charge in [-0.25, -0.2) is 0 Å². The number of halogens is 1.